The smallest absolute Gasteiger partial charge is 0.317 e. The van der Waals surface area contributed by atoms with Gasteiger partial charge < -0.3 is 20.9 Å². The molecule has 0 atom stereocenters. The second-order valence-corrected chi connectivity index (χ2v) is 6.22. The van der Waals surface area contributed by atoms with Crippen molar-refractivity contribution in [3.05, 3.63) is 59.7 Å². The summed E-state index contributed by atoms with van der Waals surface area (Å²) >= 11 is 0. The fourth-order valence-corrected chi connectivity index (χ4v) is 2.93. The number of ether oxygens (including phenoxy) is 1. The van der Waals surface area contributed by atoms with Gasteiger partial charge in [-0.1, -0.05) is 61.9 Å². The van der Waals surface area contributed by atoms with Crippen LogP contribution in [0, 0.1) is 0 Å². The number of hydrogen-bond donors (Lipinski definition) is 3. The van der Waals surface area contributed by atoms with Crippen LogP contribution < -0.4 is 11.1 Å². The largest absolute Gasteiger partial charge is 0.480 e. The molecule has 1 aliphatic rings. The molecule has 2 aromatic carbocycles. The first-order chi connectivity index (χ1) is 13.6. The number of likely N-dealkylation sites (N-methyl/N-ethyl adjacent to an activating group) is 1. The van der Waals surface area contributed by atoms with E-state index in [1.54, 1.807) is 7.05 Å². The van der Waals surface area contributed by atoms with Crippen LogP contribution in [0.4, 0.5) is 0 Å². The molecule has 0 fully saturated rings. The van der Waals surface area contributed by atoms with Crippen molar-refractivity contribution in [2.24, 2.45) is 5.73 Å². The lowest BCUT2D eigenvalue weighted by Crippen LogP contribution is -2.16. The molecule has 152 valence electrons. The molecule has 6 nitrogen and oxygen atoms in total. The molecule has 0 aliphatic heterocycles. The van der Waals surface area contributed by atoms with Gasteiger partial charge in [0.15, 0.2) is 0 Å². The summed E-state index contributed by atoms with van der Waals surface area (Å²) in [5.74, 6) is -0.648. The highest BCUT2D eigenvalue weighted by Gasteiger charge is 2.28. The van der Waals surface area contributed by atoms with Gasteiger partial charge in [-0.25, -0.2) is 0 Å². The predicted molar refractivity (Wildman–Crippen MR) is 111 cm³/mol. The second kappa shape index (κ2) is 13.5. The van der Waals surface area contributed by atoms with Crippen molar-refractivity contribution < 1.29 is 19.4 Å². The van der Waals surface area contributed by atoms with Gasteiger partial charge in [-0.15, -0.1) is 0 Å². The van der Waals surface area contributed by atoms with Crippen molar-refractivity contribution in [2.75, 3.05) is 26.7 Å². The molecule has 4 N–H and O–H groups in total. The van der Waals surface area contributed by atoms with Crippen molar-refractivity contribution in [3.8, 4) is 11.1 Å². The van der Waals surface area contributed by atoms with E-state index >= 15 is 0 Å². The molecular weight excluding hydrogens is 356 g/mol. The van der Waals surface area contributed by atoms with Crippen molar-refractivity contribution in [1.82, 2.24) is 5.32 Å². The summed E-state index contributed by atoms with van der Waals surface area (Å²) in [7, 11) is 1.59. The van der Waals surface area contributed by atoms with Gasteiger partial charge in [0, 0.05) is 5.92 Å². The Morgan fingerprint density at radius 2 is 1.68 bits per heavy atom. The SMILES string of the molecule is CCCCN.CNCC(=O)O.O=COCC1c2ccccc2-c2ccccc21. The third-order valence-electron chi connectivity index (χ3n) is 4.18. The van der Waals surface area contributed by atoms with Crippen molar-refractivity contribution in [3.63, 3.8) is 0 Å². The number of carboxylic acid groups (broad SMARTS) is 1. The Hall–Kier alpha value is -2.70. The van der Waals surface area contributed by atoms with Crippen LogP contribution in [0.5, 0.6) is 0 Å². The number of nitrogens with two attached hydrogens (primary N) is 1. The zero-order valence-corrected chi connectivity index (χ0v) is 16.6. The van der Waals surface area contributed by atoms with Crippen LogP contribution in [-0.2, 0) is 14.3 Å². The second-order valence-electron chi connectivity index (χ2n) is 6.22. The average Bonchev–Trinajstić information content (AvgIpc) is 3.02. The quantitative estimate of drug-likeness (QED) is 0.632. The normalized spacial score (nSPS) is 11.1. The monoisotopic (exact) mass is 386 g/mol. The van der Waals surface area contributed by atoms with Gasteiger partial charge in [0.2, 0.25) is 0 Å². The van der Waals surface area contributed by atoms with E-state index in [9.17, 15) is 9.59 Å². The molecule has 0 radical (unpaired) electrons. The minimum Gasteiger partial charge on any atom is -0.480 e. The third-order valence-corrected chi connectivity index (χ3v) is 4.18. The lowest BCUT2D eigenvalue weighted by molar-refractivity contribution is -0.135. The molecule has 0 heterocycles. The number of nitrogens with one attached hydrogen (secondary N) is 1. The highest BCUT2D eigenvalue weighted by Crippen LogP contribution is 2.44. The van der Waals surface area contributed by atoms with Gasteiger partial charge in [-0.3, -0.25) is 9.59 Å². The van der Waals surface area contributed by atoms with Crippen LogP contribution in [0.3, 0.4) is 0 Å². The zero-order valence-electron chi connectivity index (χ0n) is 16.6. The first kappa shape index (κ1) is 23.3. The number of hydrogen-bond acceptors (Lipinski definition) is 5. The highest BCUT2D eigenvalue weighted by atomic mass is 16.5. The fraction of sp³-hybridized carbons (Fsp3) is 0.364. The maximum Gasteiger partial charge on any atom is 0.317 e. The molecule has 6 heteroatoms. The first-order valence-corrected chi connectivity index (χ1v) is 9.40. The Morgan fingerprint density at radius 3 is 2.00 bits per heavy atom. The van der Waals surface area contributed by atoms with Gasteiger partial charge in [0.25, 0.3) is 6.47 Å². The van der Waals surface area contributed by atoms with Crippen molar-refractivity contribution in [1.29, 1.82) is 0 Å². The van der Waals surface area contributed by atoms with Gasteiger partial charge in [-0.2, -0.15) is 0 Å². The van der Waals surface area contributed by atoms with E-state index in [2.05, 4.69) is 36.5 Å². The maximum atomic E-state index is 10.4. The third kappa shape index (κ3) is 7.13. The summed E-state index contributed by atoms with van der Waals surface area (Å²) in [6.45, 7) is 3.95. The molecule has 0 saturated heterocycles. The summed E-state index contributed by atoms with van der Waals surface area (Å²) < 4.78 is 4.95. The van der Waals surface area contributed by atoms with Gasteiger partial charge in [0.05, 0.1) is 6.54 Å². The molecule has 0 spiro atoms. The number of benzene rings is 2. The maximum absolute atomic E-state index is 10.4. The van der Waals surface area contributed by atoms with E-state index in [1.165, 1.54) is 35.1 Å². The van der Waals surface area contributed by atoms with Crippen LogP contribution in [-0.4, -0.2) is 44.3 Å². The lowest BCUT2D eigenvalue weighted by Gasteiger charge is -2.11. The summed E-state index contributed by atoms with van der Waals surface area (Å²) in [6.07, 6.45) is 2.39. The minimum absolute atomic E-state index is 0.0417. The highest BCUT2D eigenvalue weighted by molar-refractivity contribution is 5.78. The molecule has 28 heavy (non-hydrogen) atoms. The van der Waals surface area contributed by atoms with Crippen LogP contribution >= 0.6 is 0 Å². The van der Waals surface area contributed by atoms with Gasteiger partial charge in [-0.05, 0) is 42.3 Å². The van der Waals surface area contributed by atoms with E-state index in [-0.39, 0.29) is 12.5 Å². The molecule has 0 aromatic heterocycles. The number of carboxylic acids is 1. The summed E-state index contributed by atoms with van der Waals surface area (Å²) in [5.41, 5.74) is 10.1. The van der Waals surface area contributed by atoms with E-state index in [1.807, 2.05) is 24.3 Å². The van der Waals surface area contributed by atoms with E-state index in [0.717, 1.165) is 6.54 Å². The molecule has 2 aromatic rings. The number of unbranched alkanes of at least 4 members (excludes halogenated alkanes) is 1. The zero-order chi connectivity index (χ0) is 20.8. The Balaban J connectivity index is 0.000000298. The summed E-state index contributed by atoms with van der Waals surface area (Å²) in [6, 6.07) is 16.6. The first-order valence-electron chi connectivity index (χ1n) is 9.40. The number of fused-ring (bicyclic) bond motifs is 3. The number of carbonyl (C=O) groups is 2. The van der Waals surface area contributed by atoms with Crippen molar-refractivity contribution >= 4 is 12.4 Å². The predicted octanol–water partition coefficient (Wildman–Crippen LogP) is 3.01. The Bertz CT molecular complexity index is 686. The molecule has 0 saturated carbocycles. The molecule has 1 aliphatic carbocycles. The Morgan fingerprint density at radius 1 is 1.14 bits per heavy atom. The van der Waals surface area contributed by atoms with Crippen LogP contribution in [0.1, 0.15) is 36.8 Å². The molecule has 0 unspecified atom stereocenters. The number of rotatable bonds is 7. The van der Waals surface area contributed by atoms with Gasteiger partial charge >= 0.3 is 5.97 Å². The number of aliphatic carboxylic acids is 1. The van der Waals surface area contributed by atoms with E-state index < -0.39 is 5.97 Å². The fourth-order valence-electron chi connectivity index (χ4n) is 2.93. The molecule has 0 bridgehead atoms. The van der Waals surface area contributed by atoms with Crippen LogP contribution in [0.2, 0.25) is 0 Å². The Kier molecular flexibility index (Phi) is 11.2. The van der Waals surface area contributed by atoms with Crippen LogP contribution in [0.25, 0.3) is 11.1 Å². The number of carbonyl (C=O) groups excluding carboxylic acids is 1. The van der Waals surface area contributed by atoms with Crippen LogP contribution in [0.15, 0.2) is 48.5 Å². The van der Waals surface area contributed by atoms with Gasteiger partial charge in [0.1, 0.15) is 6.61 Å². The molecule has 3 rings (SSSR count). The van der Waals surface area contributed by atoms with E-state index in [0.29, 0.717) is 13.1 Å². The van der Waals surface area contributed by atoms with E-state index in [4.69, 9.17) is 15.6 Å². The topological polar surface area (TPSA) is 102 Å². The lowest BCUT2D eigenvalue weighted by atomic mass is 9.98. The summed E-state index contributed by atoms with van der Waals surface area (Å²) in [4.78, 5) is 19.9. The average molecular weight is 386 g/mol. The molecule has 0 amide bonds. The summed E-state index contributed by atoms with van der Waals surface area (Å²) in [5, 5.41) is 10.3. The van der Waals surface area contributed by atoms with Crippen molar-refractivity contribution in [2.45, 2.75) is 25.7 Å². The minimum atomic E-state index is -0.822. The standard InChI is InChI=1S/C15H12O2.C4H11N.C3H7NO2/c16-10-17-9-15-13-7-3-1-5-11(13)12-6-2-4-8-14(12)15;1-2-3-4-5;1-4-2-3(5)6/h1-8,10,15H,9H2;2-5H2,1H3;4H,2H2,1H3,(H,5,6). The Labute approximate surface area is 166 Å². The molecular formula is C22H30N2O4.